The van der Waals surface area contributed by atoms with Gasteiger partial charge in [0.25, 0.3) is 5.91 Å². The zero-order chi connectivity index (χ0) is 14.7. The minimum atomic E-state index is -1.05. The van der Waals surface area contributed by atoms with Crippen LogP contribution in [-0.2, 0) is 0 Å². The Balaban J connectivity index is 2.04. The monoisotopic (exact) mass is 281 g/mol. The van der Waals surface area contributed by atoms with Gasteiger partial charge in [0.15, 0.2) is 0 Å². The van der Waals surface area contributed by atoms with Gasteiger partial charge in [-0.1, -0.05) is 0 Å². The van der Waals surface area contributed by atoms with Crippen LogP contribution < -0.4 is 5.32 Å². The van der Waals surface area contributed by atoms with Gasteiger partial charge in [-0.3, -0.25) is 4.79 Å². The van der Waals surface area contributed by atoms with E-state index in [9.17, 15) is 18.7 Å². The summed E-state index contributed by atoms with van der Waals surface area (Å²) in [6, 6.07) is 4.92. The van der Waals surface area contributed by atoms with Crippen molar-refractivity contribution >= 4 is 5.91 Å². The number of nitrogens with one attached hydrogen (secondary N) is 1. The highest BCUT2D eigenvalue weighted by molar-refractivity contribution is 5.94. The van der Waals surface area contributed by atoms with Crippen LogP contribution in [0.3, 0.4) is 0 Å². The van der Waals surface area contributed by atoms with Crippen molar-refractivity contribution < 1.29 is 23.1 Å². The maximum absolute atomic E-state index is 13.6. The first-order valence-corrected chi connectivity index (χ1v) is 5.94. The third-order valence-electron chi connectivity index (χ3n) is 2.82. The topological polar surface area (TPSA) is 62.5 Å². The summed E-state index contributed by atoms with van der Waals surface area (Å²) in [5.74, 6) is -2.00. The van der Waals surface area contributed by atoms with E-state index in [-0.39, 0.29) is 17.9 Å². The largest absolute Gasteiger partial charge is 0.467 e. The maximum atomic E-state index is 13.6. The summed E-state index contributed by atoms with van der Waals surface area (Å²) >= 11 is 0. The summed E-state index contributed by atoms with van der Waals surface area (Å²) < 4.78 is 31.9. The summed E-state index contributed by atoms with van der Waals surface area (Å²) in [5.41, 5.74) is -0.283. The van der Waals surface area contributed by atoms with Gasteiger partial charge in [0.2, 0.25) is 0 Å². The standard InChI is InChI=1S/C14H13F2NO3/c1-8-5-11(16)9(6-10(8)15)14(19)17-7-12(18)13-3-2-4-20-13/h2-6,12,18H,7H2,1H3,(H,17,19). The molecule has 0 radical (unpaired) electrons. The predicted molar refractivity (Wildman–Crippen MR) is 67.1 cm³/mol. The van der Waals surface area contributed by atoms with Crippen molar-refractivity contribution in [2.24, 2.45) is 0 Å². The molecule has 4 nitrogen and oxygen atoms in total. The van der Waals surface area contributed by atoms with Gasteiger partial charge < -0.3 is 14.8 Å². The van der Waals surface area contributed by atoms with Crippen LogP contribution in [0.25, 0.3) is 0 Å². The first kappa shape index (κ1) is 14.2. The Morgan fingerprint density at radius 2 is 2.15 bits per heavy atom. The highest BCUT2D eigenvalue weighted by Gasteiger charge is 2.17. The maximum Gasteiger partial charge on any atom is 0.254 e. The molecule has 20 heavy (non-hydrogen) atoms. The molecule has 1 atom stereocenters. The van der Waals surface area contributed by atoms with E-state index in [1.807, 2.05) is 0 Å². The van der Waals surface area contributed by atoms with Gasteiger partial charge in [0, 0.05) is 0 Å². The van der Waals surface area contributed by atoms with Gasteiger partial charge >= 0.3 is 0 Å². The second-order valence-electron chi connectivity index (χ2n) is 4.32. The molecule has 0 saturated carbocycles. The van der Waals surface area contributed by atoms with Crippen LogP contribution in [0, 0.1) is 18.6 Å². The van der Waals surface area contributed by atoms with Crippen molar-refractivity contribution in [2.45, 2.75) is 13.0 Å². The van der Waals surface area contributed by atoms with Crippen LogP contribution in [0.15, 0.2) is 34.9 Å². The predicted octanol–water partition coefficient (Wildman–Crippen LogP) is 2.33. The fourth-order valence-corrected chi connectivity index (χ4v) is 1.69. The van der Waals surface area contributed by atoms with Crippen LogP contribution in [0.1, 0.15) is 27.8 Å². The lowest BCUT2D eigenvalue weighted by molar-refractivity contribution is 0.0896. The number of amides is 1. The fraction of sp³-hybridized carbons (Fsp3) is 0.214. The van der Waals surface area contributed by atoms with Crippen molar-refractivity contribution in [1.29, 1.82) is 0 Å². The number of aliphatic hydroxyl groups is 1. The average molecular weight is 281 g/mol. The zero-order valence-electron chi connectivity index (χ0n) is 10.7. The molecule has 2 rings (SSSR count). The van der Waals surface area contributed by atoms with Gasteiger partial charge in [0.1, 0.15) is 23.5 Å². The number of benzene rings is 1. The van der Waals surface area contributed by atoms with Crippen LogP contribution in [0.2, 0.25) is 0 Å². The van der Waals surface area contributed by atoms with Crippen molar-refractivity contribution in [3.63, 3.8) is 0 Å². The summed E-state index contributed by atoms with van der Waals surface area (Å²) in [4.78, 5) is 11.7. The molecule has 1 unspecified atom stereocenters. The van der Waals surface area contributed by atoms with E-state index >= 15 is 0 Å². The number of rotatable bonds is 4. The Labute approximate surface area is 114 Å². The van der Waals surface area contributed by atoms with E-state index in [2.05, 4.69) is 5.32 Å². The second-order valence-corrected chi connectivity index (χ2v) is 4.32. The molecule has 1 aromatic heterocycles. The van der Waals surface area contributed by atoms with E-state index in [1.54, 1.807) is 12.1 Å². The molecule has 0 aliphatic heterocycles. The molecule has 0 saturated heterocycles. The van der Waals surface area contributed by atoms with Crippen molar-refractivity contribution in [3.05, 3.63) is 59.1 Å². The van der Waals surface area contributed by atoms with Gasteiger partial charge in [-0.2, -0.15) is 0 Å². The molecule has 0 bridgehead atoms. The van der Waals surface area contributed by atoms with Crippen molar-refractivity contribution in [2.75, 3.05) is 6.54 Å². The molecular formula is C14H13F2NO3. The van der Waals surface area contributed by atoms with E-state index in [4.69, 9.17) is 4.42 Å². The molecule has 1 amide bonds. The Morgan fingerprint density at radius 3 is 2.80 bits per heavy atom. The zero-order valence-corrected chi connectivity index (χ0v) is 10.7. The number of halogens is 2. The molecule has 2 aromatic rings. The number of aliphatic hydroxyl groups excluding tert-OH is 1. The van der Waals surface area contributed by atoms with Gasteiger partial charge in [-0.05, 0) is 36.8 Å². The molecule has 2 N–H and O–H groups in total. The summed E-state index contributed by atoms with van der Waals surface area (Å²) in [7, 11) is 0. The number of hydrogen-bond acceptors (Lipinski definition) is 3. The Kier molecular flexibility index (Phi) is 4.14. The van der Waals surface area contributed by atoms with Crippen LogP contribution in [0.4, 0.5) is 8.78 Å². The first-order valence-electron chi connectivity index (χ1n) is 5.94. The molecule has 0 fully saturated rings. The van der Waals surface area contributed by atoms with Gasteiger partial charge in [-0.25, -0.2) is 8.78 Å². The first-order chi connectivity index (χ1) is 9.49. The lowest BCUT2D eigenvalue weighted by atomic mass is 10.1. The van der Waals surface area contributed by atoms with Gasteiger partial charge in [0.05, 0.1) is 18.4 Å². The molecule has 106 valence electrons. The Bertz CT molecular complexity index is 611. The van der Waals surface area contributed by atoms with Gasteiger partial charge in [-0.15, -0.1) is 0 Å². The summed E-state index contributed by atoms with van der Waals surface area (Å²) in [6.07, 6.45) is 0.336. The van der Waals surface area contributed by atoms with Crippen LogP contribution >= 0.6 is 0 Å². The van der Waals surface area contributed by atoms with E-state index < -0.39 is 29.2 Å². The van der Waals surface area contributed by atoms with Crippen LogP contribution in [0.5, 0.6) is 0 Å². The number of hydrogen-bond donors (Lipinski definition) is 2. The average Bonchev–Trinajstić information content (AvgIpc) is 2.94. The Hall–Kier alpha value is -2.21. The highest BCUT2D eigenvalue weighted by Crippen LogP contribution is 2.15. The smallest absolute Gasteiger partial charge is 0.254 e. The number of aryl methyl sites for hydroxylation is 1. The lowest BCUT2D eigenvalue weighted by Crippen LogP contribution is -2.29. The van der Waals surface area contributed by atoms with Crippen molar-refractivity contribution in [1.82, 2.24) is 5.32 Å². The number of furan rings is 1. The molecule has 0 aliphatic rings. The summed E-state index contributed by atoms with van der Waals surface area (Å²) in [6.45, 7) is 1.24. The molecule has 6 heteroatoms. The number of carbonyl (C=O) groups is 1. The van der Waals surface area contributed by atoms with Crippen LogP contribution in [-0.4, -0.2) is 17.6 Å². The van der Waals surface area contributed by atoms with E-state index in [1.165, 1.54) is 13.2 Å². The highest BCUT2D eigenvalue weighted by atomic mass is 19.1. The molecule has 0 spiro atoms. The van der Waals surface area contributed by atoms with E-state index in [0.717, 1.165) is 12.1 Å². The quantitative estimate of drug-likeness (QED) is 0.904. The molecule has 1 heterocycles. The normalized spacial score (nSPS) is 12.2. The third-order valence-corrected chi connectivity index (χ3v) is 2.82. The van der Waals surface area contributed by atoms with E-state index in [0.29, 0.717) is 0 Å². The van der Waals surface area contributed by atoms with Crippen molar-refractivity contribution in [3.8, 4) is 0 Å². The minimum absolute atomic E-state index is 0.120. The molecule has 0 aliphatic carbocycles. The fourth-order valence-electron chi connectivity index (χ4n) is 1.69. The lowest BCUT2D eigenvalue weighted by Gasteiger charge is -2.10. The number of carbonyl (C=O) groups excluding carboxylic acids is 1. The molecular weight excluding hydrogens is 268 g/mol. The summed E-state index contributed by atoms with van der Waals surface area (Å²) in [5, 5.41) is 12.0. The minimum Gasteiger partial charge on any atom is -0.467 e. The Morgan fingerprint density at radius 1 is 1.40 bits per heavy atom. The SMILES string of the molecule is Cc1cc(F)c(C(=O)NCC(O)c2ccco2)cc1F. The second kappa shape index (κ2) is 5.83. The third kappa shape index (κ3) is 3.03. The molecule has 1 aromatic carbocycles.